The van der Waals surface area contributed by atoms with Crippen molar-refractivity contribution in [3.63, 3.8) is 0 Å². The van der Waals surface area contributed by atoms with Gasteiger partial charge in [-0.3, -0.25) is 14.5 Å². The molecule has 132 valence electrons. The highest BCUT2D eigenvalue weighted by Crippen LogP contribution is 2.24. The third-order valence-electron chi connectivity index (χ3n) is 3.41. The summed E-state index contributed by atoms with van der Waals surface area (Å²) >= 11 is 0. The molecular weight excluding hydrogens is 308 g/mol. The van der Waals surface area contributed by atoms with Crippen molar-refractivity contribution in [3.8, 4) is 0 Å². The molecule has 23 heavy (non-hydrogen) atoms. The summed E-state index contributed by atoms with van der Waals surface area (Å²) in [5.41, 5.74) is -3.64. The number of nitrogens with zero attached hydrogens (tertiary/aromatic N) is 1. The van der Waals surface area contributed by atoms with Gasteiger partial charge >= 0.3 is 17.9 Å². The predicted molar refractivity (Wildman–Crippen MR) is 78.9 cm³/mol. The Morgan fingerprint density at radius 1 is 1.17 bits per heavy atom. The molecule has 0 spiro atoms. The number of piperazine rings is 1. The zero-order valence-electron chi connectivity index (χ0n) is 13.5. The van der Waals surface area contributed by atoms with E-state index in [2.05, 4.69) is 5.32 Å². The Hall–Kier alpha value is -1.71. The van der Waals surface area contributed by atoms with Gasteiger partial charge in [-0.1, -0.05) is 0 Å². The molecule has 1 heterocycles. The first kappa shape index (κ1) is 19.3. The van der Waals surface area contributed by atoms with Gasteiger partial charge in [0, 0.05) is 26.2 Å². The van der Waals surface area contributed by atoms with Crippen molar-refractivity contribution in [2.24, 2.45) is 0 Å². The summed E-state index contributed by atoms with van der Waals surface area (Å²) in [6.45, 7) is 6.21. The highest BCUT2D eigenvalue weighted by molar-refractivity contribution is 5.92. The zero-order valence-corrected chi connectivity index (χ0v) is 13.5. The van der Waals surface area contributed by atoms with Crippen molar-refractivity contribution in [3.05, 3.63) is 0 Å². The van der Waals surface area contributed by atoms with Gasteiger partial charge in [-0.2, -0.15) is 0 Å². The molecule has 2 unspecified atom stereocenters. The fourth-order valence-electron chi connectivity index (χ4n) is 2.49. The van der Waals surface area contributed by atoms with Crippen LogP contribution in [0.2, 0.25) is 0 Å². The van der Waals surface area contributed by atoms with Crippen LogP contribution in [0, 0.1) is 0 Å². The van der Waals surface area contributed by atoms with Crippen LogP contribution in [0.3, 0.4) is 0 Å². The topological polar surface area (TPSA) is 136 Å². The van der Waals surface area contributed by atoms with Crippen molar-refractivity contribution in [1.29, 1.82) is 0 Å². The first-order valence-corrected chi connectivity index (χ1v) is 7.32. The lowest BCUT2D eigenvalue weighted by molar-refractivity contribution is -0.185. The SMILES string of the molecule is CC(C)(C)OC(=O)CC(O)(C(=O)O)C(C(=O)O)N1CCNCC1. The summed E-state index contributed by atoms with van der Waals surface area (Å²) in [6.07, 6.45) is -0.944. The fraction of sp³-hybridized carbons (Fsp3) is 0.786. The number of aliphatic hydroxyl groups is 1. The highest BCUT2D eigenvalue weighted by Gasteiger charge is 2.53. The van der Waals surface area contributed by atoms with Crippen LogP contribution < -0.4 is 5.32 Å². The number of esters is 1. The Morgan fingerprint density at radius 3 is 2.09 bits per heavy atom. The summed E-state index contributed by atoms with van der Waals surface area (Å²) in [6, 6.07) is -1.74. The van der Waals surface area contributed by atoms with Crippen LogP contribution in [0.25, 0.3) is 0 Å². The molecule has 0 aliphatic carbocycles. The van der Waals surface area contributed by atoms with Crippen molar-refractivity contribution in [1.82, 2.24) is 10.2 Å². The summed E-state index contributed by atoms with van der Waals surface area (Å²) in [4.78, 5) is 36.4. The monoisotopic (exact) mass is 332 g/mol. The lowest BCUT2D eigenvalue weighted by Gasteiger charge is -2.39. The Kier molecular flexibility index (Phi) is 6.09. The lowest BCUT2D eigenvalue weighted by Crippen LogP contribution is -2.64. The lowest BCUT2D eigenvalue weighted by atomic mass is 9.88. The summed E-state index contributed by atoms with van der Waals surface area (Å²) < 4.78 is 5.01. The van der Waals surface area contributed by atoms with E-state index in [1.807, 2.05) is 0 Å². The number of carbonyl (C=O) groups excluding carboxylic acids is 1. The molecular formula is C14H24N2O7. The maximum absolute atomic E-state index is 11.9. The van der Waals surface area contributed by atoms with Crippen molar-refractivity contribution in [2.45, 2.75) is 44.4 Å². The number of aliphatic carboxylic acids is 2. The quantitative estimate of drug-likeness (QED) is 0.446. The normalized spacial score (nSPS) is 20.3. The van der Waals surface area contributed by atoms with Crippen LogP contribution in [-0.4, -0.2) is 81.6 Å². The summed E-state index contributed by atoms with van der Waals surface area (Å²) in [7, 11) is 0. The Morgan fingerprint density at radius 2 is 1.70 bits per heavy atom. The van der Waals surface area contributed by atoms with E-state index >= 15 is 0 Å². The Balaban J connectivity index is 3.05. The predicted octanol–water partition coefficient (Wildman–Crippen LogP) is -1.11. The number of carbonyl (C=O) groups is 3. The molecule has 4 N–H and O–H groups in total. The third kappa shape index (κ3) is 5.15. The molecule has 1 aliphatic rings. The van der Waals surface area contributed by atoms with Crippen LogP contribution in [0.4, 0.5) is 0 Å². The Labute approximate surface area is 134 Å². The molecule has 0 amide bonds. The van der Waals surface area contributed by atoms with Gasteiger partial charge in [0.1, 0.15) is 11.6 Å². The van der Waals surface area contributed by atoms with Crippen molar-refractivity contribution in [2.75, 3.05) is 26.2 Å². The molecule has 0 aromatic carbocycles. The van der Waals surface area contributed by atoms with Gasteiger partial charge in [-0.25, -0.2) is 4.79 Å². The number of hydrogen-bond donors (Lipinski definition) is 4. The van der Waals surface area contributed by atoms with Crippen LogP contribution in [0.1, 0.15) is 27.2 Å². The average molecular weight is 332 g/mol. The van der Waals surface area contributed by atoms with Crippen LogP contribution >= 0.6 is 0 Å². The molecule has 0 aromatic rings. The van der Waals surface area contributed by atoms with Gasteiger partial charge in [0.15, 0.2) is 5.60 Å². The van der Waals surface area contributed by atoms with E-state index in [9.17, 15) is 29.7 Å². The molecule has 0 aromatic heterocycles. The minimum Gasteiger partial charge on any atom is -0.480 e. The van der Waals surface area contributed by atoms with Gasteiger partial charge in [-0.15, -0.1) is 0 Å². The number of rotatable bonds is 6. The van der Waals surface area contributed by atoms with Crippen molar-refractivity contribution >= 4 is 17.9 Å². The first-order chi connectivity index (χ1) is 10.5. The standard InChI is InChI=1S/C14H24N2O7/c1-13(2,3)23-9(17)8-14(22,12(20)21)10(11(18)19)16-6-4-15-5-7-16/h10,15,22H,4-8H2,1-3H3,(H,18,19)(H,20,21). The number of ether oxygens (including phenoxy) is 1. The second-order valence-electron chi connectivity index (χ2n) is 6.52. The molecule has 1 fully saturated rings. The van der Waals surface area contributed by atoms with Gasteiger partial charge in [0.2, 0.25) is 0 Å². The third-order valence-corrected chi connectivity index (χ3v) is 3.41. The molecule has 9 heteroatoms. The molecule has 9 nitrogen and oxygen atoms in total. The maximum atomic E-state index is 11.9. The number of hydrogen-bond acceptors (Lipinski definition) is 7. The minimum atomic E-state index is -2.77. The van der Waals surface area contributed by atoms with E-state index in [4.69, 9.17) is 4.74 Å². The second-order valence-corrected chi connectivity index (χ2v) is 6.52. The molecule has 1 rings (SSSR count). The Bertz CT molecular complexity index is 468. The van der Waals surface area contributed by atoms with Crippen LogP contribution in [-0.2, 0) is 19.1 Å². The van der Waals surface area contributed by atoms with Gasteiger partial charge in [0.25, 0.3) is 0 Å². The number of nitrogens with one attached hydrogen (secondary N) is 1. The fourth-order valence-corrected chi connectivity index (χ4v) is 2.49. The molecule has 1 saturated heterocycles. The number of carboxylic acid groups (broad SMARTS) is 2. The van der Waals surface area contributed by atoms with Crippen LogP contribution in [0.15, 0.2) is 0 Å². The van der Waals surface area contributed by atoms with Crippen LogP contribution in [0.5, 0.6) is 0 Å². The second kappa shape index (κ2) is 7.24. The van der Waals surface area contributed by atoms with Gasteiger partial charge < -0.3 is 25.4 Å². The van der Waals surface area contributed by atoms with E-state index in [0.29, 0.717) is 13.1 Å². The minimum absolute atomic E-state index is 0.251. The van der Waals surface area contributed by atoms with Gasteiger partial charge in [-0.05, 0) is 20.8 Å². The zero-order chi connectivity index (χ0) is 17.8. The molecule has 0 saturated carbocycles. The van der Waals surface area contributed by atoms with E-state index in [1.165, 1.54) is 4.90 Å². The van der Waals surface area contributed by atoms with E-state index < -0.39 is 41.6 Å². The van der Waals surface area contributed by atoms with Gasteiger partial charge in [0.05, 0.1) is 6.42 Å². The molecule has 0 bridgehead atoms. The van der Waals surface area contributed by atoms with E-state index in [1.54, 1.807) is 20.8 Å². The van der Waals surface area contributed by atoms with Crippen molar-refractivity contribution < 1.29 is 34.4 Å². The molecule has 2 atom stereocenters. The number of carboxylic acids is 2. The largest absolute Gasteiger partial charge is 0.480 e. The summed E-state index contributed by atoms with van der Waals surface area (Å²) in [5.74, 6) is -4.24. The highest BCUT2D eigenvalue weighted by atomic mass is 16.6. The smallest absolute Gasteiger partial charge is 0.338 e. The van der Waals surface area contributed by atoms with E-state index in [-0.39, 0.29) is 13.1 Å². The maximum Gasteiger partial charge on any atom is 0.338 e. The first-order valence-electron chi connectivity index (χ1n) is 7.32. The molecule has 1 aliphatic heterocycles. The molecule has 0 radical (unpaired) electrons. The average Bonchev–Trinajstić information content (AvgIpc) is 2.36. The summed E-state index contributed by atoms with van der Waals surface area (Å²) in [5, 5.41) is 32.3. The van der Waals surface area contributed by atoms with E-state index in [0.717, 1.165) is 0 Å².